The maximum absolute atomic E-state index is 5.78. The van der Waals surface area contributed by atoms with Gasteiger partial charge in [-0.15, -0.1) is 0 Å². The molecule has 2 aromatic rings. The van der Waals surface area contributed by atoms with Gasteiger partial charge in [0.25, 0.3) is 0 Å². The van der Waals surface area contributed by atoms with E-state index in [0.29, 0.717) is 6.04 Å². The fourth-order valence-electron chi connectivity index (χ4n) is 2.54. The Kier molecular flexibility index (Phi) is 3.57. The molecule has 0 radical (unpaired) electrons. The predicted octanol–water partition coefficient (Wildman–Crippen LogP) is 3.45. The van der Waals surface area contributed by atoms with Crippen molar-refractivity contribution in [2.45, 2.75) is 25.8 Å². The summed E-state index contributed by atoms with van der Waals surface area (Å²) >= 11 is 5.46. The van der Waals surface area contributed by atoms with Crippen LogP contribution in [0.15, 0.2) is 18.2 Å². The van der Waals surface area contributed by atoms with Crippen LogP contribution in [0.1, 0.15) is 25.8 Å². The highest BCUT2D eigenvalue weighted by Gasteiger charge is 2.21. The van der Waals surface area contributed by atoms with Crippen LogP contribution in [0.3, 0.4) is 0 Å². The summed E-state index contributed by atoms with van der Waals surface area (Å²) in [5.41, 5.74) is 2.10. The average Bonchev–Trinajstić information content (AvgIpc) is 3.02. The van der Waals surface area contributed by atoms with Crippen LogP contribution in [-0.2, 0) is 4.74 Å². The third kappa shape index (κ3) is 2.28. The number of aromatic nitrogens is 2. The Balaban J connectivity index is 2.08. The van der Waals surface area contributed by atoms with E-state index in [2.05, 4.69) is 22.5 Å². The second-order valence-electron chi connectivity index (χ2n) is 4.82. The molecule has 1 aromatic heterocycles. The number of hydrogen-bond acceptors (Lipinski definition) is 3. The molecule has 4 nitrogen and oxygen atoms in total. The minimum atomic E-state index is 0.336. The Morgan fingerprint density at radius 3 is 3.16 bits per heavy atom. The van der Waals surface area contributed by atoms with Gasteiger partial charge in [-0.1, -0.05) is 13.0 Å². The summed E-state index contributed by atoms with van der Waals surface area (Å²) in [7, 11) is 0. The second kappa shape index (κ2) is 5.35. The number of nitrogens with one attached hydrogen (secondary N) is 1. The third-order valence-electron chi connectivity index (χ3n) is 3.45. The second-order valence-corrected chi connectivity index (χ2v) is 5.20. The molecule has 0 amide bonds. The van der Waals surface area contributed by atoms with E-state index in [9.17, 15) is 0 Å². The first-order valence-corrected chi connectivity index (χ1v) is 7.16. The SMILES string of the molecule is CCCOc1cccc2c1[nH]c(=S)n2C1CCOC1. The molecule has 1 N–H and O–H groups in total. The molecule has 3 rings (SSSR count). The van der Waals surface area contributed by atoms with E-state index < -0.39 is 0 Å². The maximum Gasteiger partial charge on any atom is 0.178 e. The molecule has 2 heterocycles. The minimum Gasteiger partial charge on any atom is -0.491 e. The van der Waals surface area contributed by atoms with Crippen LogP contribution in [0.2, 0.25) is 0 Å². The summed E-state index contributed by atoms with van der Waals surface area (Å²) < 4.78 is 14.2. The van der Waals surface area contributed by atoms with Gasteiger partial charge in [0.15, 0.2) is 4.77 Å². The van der Waals surface area contributed by atoms with Gasteiger partial charge in [0.2, 0.25) is 0 Å². The van der Waals surface area contributed by atoms with Crippen LogP contribution in [0, 0.1) is 4.77 Å². The van der Waals surface area contributed by atoms with Gasteiger partial charge in [0, 0.05) is 6.61 Å². The van der Waals surface area contributed by atoms with Crippen LogP contribution >= 0.6 is 12.2 Å². The first-order chi connectivity index (χ1) is 9.31. The van der Waals surface area contributed by atoms with Crippen LogP contribution in [0.25, 0.3) is 11.0 Å². The van der Waals surface area contributed by atoms with E-state index in [4.69, 9.17) is 21.7 Å². The average molecular weight is 278 g/mol. The normalized spacial score (nSPS) is 19.1. The molecule has 1 aliphatic heterocycles. The fourth-order valence-corrected chi connectivity index (χ4v) is 2.89. The van der Waals surface area contributed by atoms with Crippen LogP contribution < -0.4 is 4.74 Å². The van der Waals surface area contributed by atoms with Crippen molar-refractivity contribution in [1.29, 1.82) is 0 Å². The summed E-state index contributed by atoms with van der Waals surface area (Å²) in [6.45, 7) is 4.37. The first-order valence-electron chi connectivity index (χ1n) is 6.75. The van der Waals surface area contributed by atoms with E-state index >= 15 is 0 Å². The lowest BCUT2D eigenvalue weighted by Crippen LogP contribution is -2.08. The molecular formula is C14H18N2O2S. The summed E-state index contributed by atoms with van der Waals surface area (Å²) in [6.07, 6.45) is 2.01. The quantitative estimate of drug-likeness (QED) is 0.871. The lowest BCUT2D eigenvalue weighted by molar-refractivity contribution is 0.187. The van der Waals surface area contributed by atoms with Gasteiger partial charge in [-0.05, 0) is 37.2 Å². The molecule has 1 unspecified atom stereocenters. The molecule has 1 atom stereocenters. The maximum atomic E-state index is 5.78. The number of benzene rings is 1. The van der Waals surface area contributed by atoms with Crippen molar-refractivity contribution >= 4 is 23.3 Å². The Morgan fingerprint density at radius 2 is 2.42 bits per heavy atom. The third-order valence-corrected chi connectivity index (χ3v) is 3.75. The van der Waals surface area contributed by atoms with Gasteiger partial charge in [0.05, 0.1) is 24.8 Å². The topological polar surface area (TPSA) is 39.2 Å². The van der Waals surface area contributed by atoms with E-state index in [1.165, 1.54) is 0 Å². The predicted molar refractivity (Wildman–Crippen MR) is 77.4 cm³/mol. The van der Waals surface area contributed by atoms with Crippen molar-refractivity contribution < 1.29 is 9.47 Å². The van der Waals surface area contributed by atoms with Gasteiger partial charge >= 0.3 is 0 Å². The largest absolute Gasteiger partial charge is 0.491 e. The number of ether oxygens (including phenoxy) is 2. The molecule has 0 spiro atoms. The monoisotopic (exact) mass is 278 g/mol. The molecule has 1 aliphatic rings. The number of hydrogen-bond donors (Lipinski definition) is 1. The number of rotatable bonds is 4. The van der Waals surface area contributed by atoms with E-state index in [1.54, 1.807) is 0 Å². The highest BCUT2D eigenvalue weighted by atomic mass is 32.1. The Labute approximate surface area is 117 Å². The Bertz CT molecular complexity index is 626. The lowest BCUT2D eigenvalue weighted by atomic mass is 10.2. The van der Waals surface area contributed by atoms with Crippen molar-refractivity contribution in [2.24, 2.45) is 0 Å². The minimum absolute atomic E-state index is 0.336. The van der Waals surface area contributed by atoms with Gasteiger partial charge < -0.3 is 19.0 Å². The first kappa shape index (κ1) is 12.7. The number of H-pyrrole nitrogens is 1. The number of imidazole rings is 1. The molecular weight excluding hydrogens is 260 g/mol. The number of fused-ring (bicyclic) bond motifs is 1. The number of nitrogens with zero attached hydrogens (tertiary/aromatic N) is 1. The van der Waals surface area contributed by atoms with Crippen LogP contribution in [0.5, 0.6) is 5.75 Å². The molecule has 1 aromatic carbocycles. The zero-order valence-corrected chi connectivity index (χ0v) is 11.8. The van der Waals surface area contributed by atoms with E-state index in [1.807, 2.05) is 12.1 Å². The summed E-state index contributed by atoms with van der Waals surface area (Å²) in [5, 5.41) is 0. The molecule has 0 bridgehead atoms. The van der Waals surface area contributed by atoms with Crippen LogP contribution in [0.4, 0.5) is 0 Å². The van der Waals surface area contributed by atoms with Gasteiger partial charge in [-0.3, -0.25) is 0 Å². The molecule has 5 heteroatoms. The Hall–Kier alpha value is -1.33. The number of aromatic amines is 1. The van der Waals surface area contributed by atoms with Crippen molar-refractivity contribution in [2.75, 3.05) is 19.8 Å². The lowest BCUT2D eigenvalue weighted by Gasteiger charge is -2.11. The smallest absolute Gasteiger partial charge is 0.178 e. The molecule has 1 saturated heterocycles. The Morgan fingerprint density at radius 1 is 1.53 bits per heavy atom. The zero-order valence-electron chi connectivity index (χ0n) is 11.0. The molecule has 0 saturated carbocycles. The molecule has 19 heavy (non-hydrogen) atoms. The van der Waals surface area contributed by atoms with Gasteiger partial charge in [-0.25, -0.2) is 0 Å². The molecule has 102 valence electrons. The van der Waals surface area contributed by atoms with E-state index in [-0.39, 0.29) is 0 Å². The highest BCUT2D eigenvalue weighted by molar-refractivity contribution is 7.71. The highest BCUT2D eigenvalue weighted by Crippen LogP contribution is 2.30. The summed E-state index contributed by atoms with van der Waals surface area (Å²) in [5.74, 6) is 0.878. The zero-order chi connectivity index (χ0) is 13.2. The van der Waals surface area contributed by atoms with Crippen molar-refractivity contribution in [3.05, 3.63) is 23.0 Å². The fraction of sp³-hybridized carbons (Fsp3) is 0.500. The summed E-state index contributed by atoms with van der Waals surface area (Å²) in [6, 6.07) is 6.42. The van der Waals surface area contributed by atoms with Crippen molar-refractivity contribution in [3.8, 4) is 5.75 Å². The molecule has 0 aliphatic carbocycles. The van der Waals surface area contributed by atoms with E-state index in [0.717, 1.165) is 54.2 Å². The van der Waals surface area contributed by atoms with Crippen molar-refractivity contribution in [1.82, 2.24) is 9.55 Å². The van der Waals surface area contributed by atoms with Gasteiger partial charge in [-0.2, -0.15) is 0 Å². The van der Waals surface area contributed by atoms with Crippen molar-refractivity contribution in [3.63, 3.8) is 0 Å². The standard InChI is InChI=1S/C14H18N2O2S/c1-2-7-18-12-5-3-4-11-13(12)15-14(19)16(11)10-6-8-17-9-10/h3-5,10H,2,6-9H2,1H3,(H,15,19). The summed E-state index contributed by atoms with van der Waals surface area (Å²) in [4.78, 5) is 3.28. The number of para-hydroxylation sites is 1. The van der Waals surface area contributed by atoms with Crippen LogP contribution in [-0.4, -0.2) is 29.4 Å². The van der Waals surface area contributed by atoms with Gasteiger partial charge in [0.1, 0.15) is 11.3 Å². The molecule has 1 fully saturated rings.